The number of aromatic nitrogens is 1. The van der Waals surface area contributed by atoms with E-state index in [1.165, 1.54) is 6.07 Å². The fourth-order valence-corrected chi connectivity index (χ4v) is 1.84. The number of hydrogen-bond donors (Lipinski definition) is 2. The number of aliphatic hydroxyl groups is 1. The van der Waals surface area contributed by atoms with E-state index >= 15 is 0 Å². The molecule has 0 saturated carbocycles. The van der Waals surface area contributed by atoms with E-state index < -0.39 is 0 Å². The molecule has 1 aromatic carbocycles. The molecule has 21 heavy (non-hydrogen) atoms. The molecule has 0 fully saturated rings. The van der Waals surface area contributed by atoms with Gasteiger partial charge in [0, 0.05) is 6.54 Å². The fraction of sp³-hybridized carbons (Fsp3) is 0.188. The Hall–Kier alpha value is -2.71. The van der Waals surface area contributed by atoms with E-state index in [0.29, 0.717) is 23.5 Å². The molecule has 0 aliphatic carbocycles. The first-order valence-electron chi connectivity index (χ1n) is 6.48. The number of pyridine rings is 1. The summed E-state index contributed by atoms with van der Waals surface area (Å²) in [6, 6.07) is 12.5. The first kappa shape index (κ1) is 14.7. The van der Waals surface area contributed by atoms with Gasteiger partial charge in [-0.15, -0.1) is 0 Å². The molecule has 0 aliphatic rings. The van der Waals surface area contributed by atoms with Crippen LogP contribution in [-0.2, 0) is 13.2 Å². The van der Waals surface area contributed by atoms with E-state index in [0.717, 1.165) is 11.1 Å². The molecule has 0 atom stereocenters. The fourth-order valence-electron chi connectivity index (χ4n) is 1.84. The molecule has 0 aliphatic heterocycles. The SMILES string of the molecule is Cc1nc(C(=O)NCc2ccc(CO)cc2)ccc1C#N. The first-order valence-corrected chi connectivity index (χ1v) is 6.48. The monoisotopic (exact) mass is 281 g/mol. The summed E-state index contributed by atoms with van der Waals surface area (Å²) in [5.74, 6) is -0.283. The third kappa shape index (κ3) is 3.65. The predicted octanol–water partition coefficient (Wildman–Crippen LogP) is 1.68. The summed E-state index contributed by atoms with van der Waals surface area (Å²) in [5, 5.41) is 20.6. The maximum absolute atomic E-state index is 12.0. The molecular weight excluding hydrogens is 266 g/mol. The zero-order valence-electron chi connectivity index (χ0n) is 11.6. The molecular formula is C16H15N3O2. The summed E-state index contributed by atoms with van der Waals surface area (Å²) < 4.78 is 0. The predicted molar refractivity (Wildman–Crippen MR) is 77.2 cm³/mol. The second kappa shape index (κ2) is 6.64. The van der Waals surface area contributed by atoms with E-state index in [9.17, 15) is 4.79 Å². The molecule has 5 nitrogen and oxygen atoms in total. The Balaban J connectivity index is 2.01. The normalized spacial score (nSPS) is 9.95. The average Bonchev–Trinajstić information content (AvgIpc) is 2.53. The highest BCUT2D eigenvalue weighted by Crippen LogP contribution is 2.07. The Kier molecular flexibility index (Phi) is 4.64. The smallest absolute Gasteiger partial charge is 0.270 e. The summed E-state index contributed by atoms with van der Waals surface area (Å²) >= 11 is 0. The van der Waals surface area contributed by atoms with Crippen molar-refractivity contribution in [1.82, 2.24) is 10.3 Å². The highest BCUT2D eigenvalue weighted by molar-refractivity contribution is 5.92. The van der Waals surface area contributed by atoms with Crippen molar-refractivity contribution in [2.45, 2.75) is 20.1 Å². The van der Waals surface area contributed by atoms with Gasteiger partial charge in [-0.05, 0) is 30.2 Å². The Morgan fingerprint density at radius 2 is 1.90 bits per heavy atom. The number of amides is 1. The number of carbonyl (C=O) groups excluding carboxylic acids is 1. The average molecular weight is 281 g/mol. The number of nitrogens with zero attached hydrogens (tertiary/aromatic N) is 2. The molecule has 106 valence electrons. The minimum Gasteiger partial charge on any atom is -0.392 e. The number of nitrogens with one attached hydrogen (secondary N) is 1. The van der Waals surface area contributed by atoms with Gasteiger partial charge in [0.05, 0.1) is 17.9 Å². The van der Waals surface area contributed by atoms with Crippen molar-refractivity contribution >= 4 is 5.91 Å². The van der Waals surface area contributed by atoms with Crippen LogP contribution in [0.2, 0.25) is 0 Å². The van der Waals surface area contributed by atoms with Crippen molar-refractivity contribution in [1.29, 1.82) is 5.26 Å². The minimum absolute atomic E-state index is 0.00107. The number of nitriles is 1. The molecule has 2 N–H and O–H groups in total. The Bertz CT molecular complexity index is 688. The Morgan fingerprint density at radius 1 is 1.24 bits per heavy atom. The van der Waals surface area contributed by atoms with Gasteiger partial charge in [0.1, 0.15) is 11.8 Å². The molecule has 1 heterocycles. The van der Waals surface area contributed by atoms with Crippen molar-refractivity contribution in [3.05, 3.63) is 64.5 Å². The van der Waals surface area contributed by atoms with Gasteiger partial charge >= 0.3 is 0 Å². The van der Waals surface area contributed by atoms with E-state index in [2.05, 4.69) is 10.3 Å². The standard InChI is InChI=1S/C16H15N3O2/c1-11-14(8-17)6-7-15(19-11)16(21)18-9-12-2-4-13(10-20)5-3-12/h2-7,20H,9-10H2,1H3,(H,18,21). The molecule has 0 bridgehead atoms. The largest absolute Gasteiger partial charge is 0.392 e. The molecule has 1 amide bonds. The van der Waals surface area contributed by atoms with Crippen LogP contribution in [0.5, 0.6) is 0 Å². The maximum Gasteiger partial charge on any atom is 0.270 e. The van der Waals surface area contributed by atoms with E-state index in [-0.39, 0.29) is 12.5 Å². The highest BCUT2D eigenvalue weighted by Gasteiger charge is 2.09. The third-order valence-electron chi connectivity index (χ3n) is 3.10. The van der Waals surface area contributed by atoms with Gasteiger partial charge in [0.2, 0.25) is 0 Å². The van der Waals surface area contributed by atoms with Crippen LogP contribution < -0.4 is 5.32 Å². The molecule has 2 rings (SSSR count). The van der Waals surface area contributed by atoms with Gasteiger partial charge in [0.15, 0.2) is 0 Å². The van der Waals surface area contributed by atoms with Crippen LogP contribution in [0.25, 0.3) is 0 Å². The summed E-state index contributed by atoms with van der Waals surface area (Å²) in [4.78, 5) is 16.1. The quantitative estimate of drug-likeness (QED) is 0.892. The maximum atomic E-state index is 12.0. The number of benzene rings is 1. The van der Waals surface area contributed by atoms with Crippen LogP contribution in [0.4, 0.5) is 0 Å². The van der Waals surface area contributed by atoms with Gasteiger partial charge in [-0.2, -0.15) is 5.26 Å². The topological polar surface area (TPSA) is 86.0 Å². The lowest BCUT2D eigenvalue weighted by Crippen LogP contribution is -2.24. The van der Waals surface area contributed by atoms with Gasteiger partial charge in [-0.1, -0.05) is 24.3 Å². The zero-order valence-corrected chi connectivity index (χ0v) is 11.6. The van der Waals surface area contributed by atoms with E-state index in [1.54, 1.807) is 13.0 Å². The number of hydrogen-bond acceptors (Lipinski definition) is 4. The summed E-state index contributed by atoms with van der Waals surface area (Å²) in [5.41, 5.74) is 3.06. The summed E-state index contributed by atoms with van der Waals surface area (Å²) in [7, 11) is 0. The van der Waals surface area contributed by atoms with Crippen LogP contribution in [0.1, 0.15) is 32.9 Å². The Labute approximate surface area is 122 Å². The summed E-state index contributed by atoms with van der Waals surface area (Å²) in [6.45, 7) is 2.08. The van der Waals surface area contributed by atoms with E-state index in [4.69, 9.17) is 10.4 Å². The van der Waals surface area contributed by atoms with Crippen LogP contribution in [0, 0.1) is 18.3 Å². The highest BCUT2D eigenvalue weighted by atomic mass is 16.3. The number of aliphatic hydroxyl groups excluding tert-OH is 1. The minimum atomic E-state index is -0.283. The molecule has 5 heteroatoms. The number of rotatable bonds is 4. The number of aryl methyl sites for hydroxylation is 1. The zero-order chi connectivity index (χ0) is 15.2. The van der Waals surface area contributed by atoms with Crippen molar-refractivity contribution in [3.8, 4) is 6.07 Å². The second-order valence-corrected chi connectivity index (χ2v) is 4.60. The van der Waals surface area contributed by atoms with Gasteiger partial charge in [-0.3, -0.25) is 4.79 Å². The van der Waals surface area contributed by atoms with Crippen molar-refractivity contribution in [2.24, 2.45) is 0 Å². The van der Waals surface area contributed by atoms with Crippen LogP contribution in [-0.4, -0.2) is 16.0 Å². The van der Waals surface area contributed by atoms with Crippen LogP contribution in [0.15, 0.2) is 36.4 Å². The number of carbonyl (C=O) groups is 1. The molecule has 0 saturated heterocycles. The lowest BCUT2D eigenvalue weighted by molar-refractivity contribution is 0.0945. The van der Waals surface area contributed by atoms with Gasteiger partial charge in [-0.25, -0.2) is 4.98 Å². The third-order valence-corrected chi connectivity index (χ3v) is 3.10. The summed E-state index contributed by atoms with van der Waals surface area (Å²) in [6.07, 6.45) is 0. The van der Waals surface area contributed by atoms with Crippen molar-refractivity contribution in [2.75, 3.05) is 0 Å². The first-order chi connectivity index (χ1) is 10.1. The molecule has 0 radical (unpaired) electrons. The molecule has 0 spiro atoms. The van der Waals surface area contributed by atoms with Crippen molar-refractivity contribution in [3.63, 3.8) is 0 Å². The van der Waals surface area contributed by atoms with Crippen molar-refractivity contribution < 1.29 is 9.90 Å². The molecule has 0 unspecified atom stereocenters. The second-order valence-electron chi connectivity index (χ2n) is 4.60. The lowest BCUT2D eigenvalue weighted by atomic mass is 10.1. The van der Waals surface area contributed by atoms with Crippen LogP contribution in [0.3, 0.4) is 0 Å². The van der Waals surface area contributed by atoms with Crippen LogP contribution >= 0.6 is 0 Å². The van der Waals surface area contributed by atoms with Gasteiger partial charge < -0.3 is 10.4 Å². The van der Waals surface area contributed by atoms with E-state index in [1.807, 2.05) is 30.3 Å². The Morgan fingerprint density at radius 3 is 2.48 bits per heavy atom. The molecule has 2 aromatic rings. The lowest BCUT2D eigenvalue weighted by Gasteiger charge is -2.06. The van der Waals surface area contributed by atoms with Gasteiger partial charge in [0.25, 0.3) is 5.91 Å². The molecule has 1 aromatic heterocycles.